The first-order valence-electron chi connectivity index (χ1n) is 9.21. The number of hydrogen-bond acceptors (Lipinski definition) is 4. The first-order chi connectivity index (χ1) is 14.1. The fourth-order valence-corrected chi connectivity index (χ4v) is 3.27. The van der Waals surface area contributed by atoms with Gasteiger partial charge in [-0.3, -0.25) is 9.59 Å². The number of amides is 1. The molecule has 0 radical (unpaired) electrons. The lowest BCUT2D eigenvalue weighted by atomic mass is 10.2. The predicted octanol–water partition coefficient (Wildman–Crippen LogP) is 3.12. The molecule has 0 bridgehead atoms. The van der Waals surface area contributed by atoms with Gasteiger partial charge in [0.05, 0.1) is 18.7 Å². The molecule has 0 spiro atoms. The van der Waals surface area contributed by atoms with Gasteiger partial charge in [0.15, 0.2) is 11.5 Å². The summed E-state index contributed by atoms with van der Waals surface area (Å²) in [6.07, 6.45) is 1.25. The van der Waals surface area contributed by atoms with Gasteiger partial charge in [-0.25, -0.2) is 0 Å². The summed E-state index contributed by atoms with van der Waals surface area (Å²) in [6, 6.07) is 17.6. The number of carbonyl (C=O) groups excluding carboxylic acids is 1. The minimum Gasteiger partial charge on any atom is -0.486 e. The highest BCUT2D eigenvalue weighted by molar-refractivity contribution is 6.31. The van der Waals surface area contributed by atoms with Crippen LogP contribution in [0.5, 0.6) is 11.5 Å². The Labute approximate surface area is 172 Å². The molecule has 29 heavy (non-hydrogen) atoms. The molecular weight excluding hydrogens is 392 g/mol. The standard InChI is InChI=1S/C22H19ClN2O4/c23-18-6-2-1-5-15(18)12-25-13-16(9-10-21(25)26)22(27)24-11-17-14-28-19-7-3-4-8-20(19)29-17/h1-10,13,17H,11-12,14H2,(H,24,27)/t17-/m1/s1. The number of para-hydroxylation sites is 2. The van der Waals surface area contributed by atoms with E-state index in [9.17, 15) is 9.59 Å². The maximum atomic E-state index is 12.6. The largest absolute Gasteiger partial charge is 0.486 e. The van der Waals surface area contributed by atoms with Crippen LogP contribution in [-0.2, 0) is 6.54 Å². The summed E-state index contributed by atoms with van der Waals surface area (Å²) < 4.78 is 13.0. The third-order valence-electron chi connectivity index (χ3n) is 4.60. The van der Waals surface area contributed by atoms with E-state index >= 15 is 0 Å². The number of benzene rings is 2. The summed E-state index contributed by atoms with van der Waals surface area (Å²) in [5.74, 6) is 1.06. The smallest absolute Gasteiger partial charge is 0.252 e. The number of rotatable bonds is 5. The number of nitrogens with one attached hydrogen (secondary N) is 1. The van der Waals surface area contributed by atoms with Gasteiger partial charge in [-0.1, -0.05) is 41.9 Å². The molecule has 2 aromatic carbocycles. The fourth-order valence-electron chi connectivity index (χ4n) is 3.07. The third kappa shape index (κ3) is 4.43. The summed E-state index contributed by atoms with van der Waals surface area (Å²) in [5.41, 5.74) is 0.983. The van der Waals surface area contributed by atoms with E-state index in [0.29, 0.717) is 28.7 Å². The van der Waals surface area contributed by atoms with Crippen molar-refractivity contribution in [3.8, 4) is 11.5 Å². The van der Waals surface area contributed by atoms with Gasteiger partial charge in [-0.2, -0.15) is 0 Å². The van der Waals surface area contributed by atoms with Crippen LogP contribution in [0.2, 0.25) is 5.02 Å². The predicted molar refractivity (Wildman–Crippen MR) is 110 cm³/mol. The van der Waals surface area contributed by atoms with Crippen LogP contribution in [-0.4, -0.2) is 29.7 Å². The maximum Gasteiger partial charge on any atom is 0.252 e. The quantitative estimate of drug-likeness (QED) is 0.701. The van der Waals surface area contributed by atoms with Crippen molar-refractivity contribution in [3.05, 3.63) is 93.4 Å². The van der Waals surface area contributed by atoms with Gasteiger partial charge in [-0.15, -0.1) is 0 Å². The van der Waals surface area contributed by atoms with Crippen molar-refractivity contribution in [1.82, 2.24) is 9.88 Å². The van der Waals surface area contributed by atoms with Crippen molar-refractivity contribution in [2.45, 2.75) is 12.6 Å². The molecule has 7 heteroatoms. The average molecular weight is 411 g/mol. The van der Waals surface area contributed by atoms with Crippen LogP contribution >= 0.6 is 11.6 Å². The van der Waals surface area contributed by atoms with Crippen molar-refractivity contribution < 1.29 is 14.3 Å². The molecule has 0 unspecified atom stereocenters. The monoisotopic (exact) mass is 410 g/mol. The van der Waals surface area contributed by atoms with Gasteiger partial charge in [0.25, 0.3) is 11.5 Å². The Morgan fingerprint density at radius 1 is 1.07 bits per heavy atom. The second-order valence-corrected chi connectivity index (χ2v) is 7.09. The molecule has 0 saturated heterocycles. The number of halogens is 1. The highest BCUT2D eigenvalue weighted by atomic mass is 35.5. The lowest BCUT2D eigenvalue weighted by molar-refractivity contribution is 0.0789. The molecule has 0 aliphatic carbocycles. The number of fused-ring (bicyclic) bond motifs is 1. The molecule has 1 aliphatic rings. The second-order valence-electron chi connectivity index (χ2n) is 6.68. The Bertz CT molecular complexity index is 1100. The molecule has 148 valence electrons. The first kappa shape index (κ1) is 19.1. The SMILES string of the molecule is O=C(NC[C@@H]1COc2ccccc2O1)c1ccc(=O)n(Cc2ccccc2Cl)c1. The normalized spacial score (nSPS) is 15.0. The van der Waals surface area contributed by atoms with E-state index in [0.717, 1.165) is 5.56 Å². The van der Waals surface area contributed by atoms with E-state index < -0.39 is 0 Å². The summed E-state index contributed by atoms with van der Waals surface area (Å²) in [6.45, 7) is 0.927. The highest BCUT2D eigenvalue weighted by Gasteiger charge is 2.21. The van der Waals surface area contributed by atoms with Crippen molar-refractivity contribution in [3.63, 3.8) is 0 Å². The number of pyridine rings is 1. The molecular formula is C22H19ClN2O4. The van der Waals surface area contributed by atoms with E-state index in [1.165, 1.54) is 22.9 Å². The van der Waals surface area contributed by atoms with Crippen LogP contribution in [0.15, 0.2) is 71.7 Å². The van der Waals surface area contributed by atoms with E-state index in [2.05, 4.69) is 5.32 Å². The van der Waals surface area contributed by atoms with Gasteiger partial charge < -0.3 is 19.4 Å². The molecule has 2 heterocycles. The summed E-state index contributed by atoms with van der Waals surface area (Å²) >= 11 is 6.18. The zero-order valence-electron chi connectivity index (χ0n) is 15.5. The molecule has 1 atom stereocenters. The number of hydrogen-bond donors (Lipinski definition) is 1. The second kappa shape index (κ2) is 8.41. The third-order valence-corrected chi connectivity index (χ3v) is 4.97. The van der Waals surface area contributed by atoms with Crippen molar-refractivity contribution in [2.24, 2.45) is 0 Å². The fraction of sp³-hybridized carbons (Fsp3) is 0.182. The minimum absolute atomic E-state index is 0.206. The lowest BCUT2D eigenvalue weighted by Gasteiger charge is -2.26. The van der Waals surface area contributed by atoms with Gasteiger partial charge in [-0.05, 0) is 29.8 Å². The summed E-state index contributed by atoms with van der Waals surface area (Å²) in [4.78, 5) is 24.8. The first-order valence-corrected chi connectivity index (χ1v) is 9.58. The van der Waals surface area contributed by atoms with E-state index in [1.807, 2.05) is 42.5 Å². The topological polar surface area (TPSA) is 69.6 Å². The average Bonchev–Trinajstić information content (AvgIpc) is 2.75. The van der Waals surface area contributed by atoms with E-state index in [1.54, 1.807) is 6.07 Å². The van der Waals surface area contributed by atoms with Crippen LogP contribution in [0.1, 0.15) is 15.9 Å². The zero-order valence-corrected chi connectivity index (χ0v) is 16.3. The molecule has 4 rings (SSSR count). The Kier molecular flexibility index (Phi) is 5.53. The maximum absolute atomic E-state index is 12.6. The summed E-state index contributed by atoms with van der Waals surface area (Å²) in [5, 5.41) is 3.41. The van der Waals surface area contributed by atoms with Crippen LogP contribution in [0.3, 0.4) is 0 Å². The Morgan fingerprint density at radius 3 is 2.66 bits per heavy atom. The van der Waals surface area contributed by atoms with Crippen LogP contribution in [0, 0.1) is 0 Å². The molecule has 6 nitrogen and oxygen atoms in total. The van der Waals surface area contributed by atoms with E-state index in [4.69, 9.17) is 21.1 Å². The number of carbonyl (C=O) groups is 1. The molecule has 1 aliphatic heterocycles. The van der Waals surface area contributed by atoms with Crippen molar-refractivity contribution >= 4 is 17.5 Å². The molecule has 0 saturated carbocycles. The van der Waals surface area contributed by atoms with Crippen LogP contribution in [0.25, 0.3) is 0 Å². The minimum atomic E-state index is -0.291. The molecule has 1 aromatic heterocycles. The van der Waals surface area contributed by atoms with Crippen LogP contribution in [0.4, 0.5) is 0 Å². The Balaban J connectivity index is 1.42. The molecule has 1 N–H and O–H groups in total. The summed E-state index contributed by atoms with van der Waals surface area (Å²) in [7, 11) is 0. The van der Waals surface area contributed by atoms with Crippen LogP contribution < -0.4 is 20.3 Å². The number of nitrogens with zero attached hydrogens (tertiary/aromatic N) is 1. The van der Waals surface area contributed by atoms with E-state index in [-0.39, 0.29) is 30.7 Å². The zero-order chi connectivity index (χ0) is 20.2. The van der Waals surface area contributed by atoms with Gasteiger partial charge in [0.2, 0.25) is 0 Å². The number of aromatic nitrogens is 1. The molecule has 1 amide bonds. The van der Waals surface area contributed by atoms with Gasteiger partial charge in [0, 0.05) is 17.3 Å². The van der Waals surface area contributed by atoms with Crippen molar-refractivity contribution in [1.29, 1.82) is 0 Å². The van der Waals surface area contributed by atoms with Gasteiger partial charge >= 0.3 is 0 Å². The molecule has 3 aromatic rings. The molecule has 0 fully saturated rings. The lowest BCUT2D eigenvalue weighted by Crippen LogP contribution is -2.41. The Hall–Kier alpha value is -3.25. The Morgan fingerprint density at radius 2 is 1.83 bits per heavy atom. The number of ether oxygens (including phenoxy) is 2. The van der Waals surface area contributed by atoms with Gasteiger partial charge in [0.1, 0.15) is 12.7 Å². The van der Waals surface area contributed by atoms with Crippen molar-refractivity contribution in [2.75, 3.05) is 13.2 Å². The highest BCUT2D eigenvalue weighted by Crippen LogP contribution is 2.30.